The highest BCUT2D eigenvalue weighted by Gasteiger charge is 2.37. The van der Waals surface area contributed by atoms with Crippen LogP contribution in [0, 0.1) is 0 Å². The van der Waals surface area contributed by atoms with Gasteiger partial charge in [0.25, 0.3) is 0 Å². The molecule has 30 heavy (non-hydrogen) atoms. The van der Waals surface area contributed by atoms with Gasteiger partial charge in [0.2, 0.25) is 12.7 Å². The first-order valence-corrected chi connectivity index (χ1v) is 9.80. The molecule has 0 aliphatic carbocycles. The molecule has 2 aliphatic rings. The Kier molecular flexibility index (Phi) is 3.57. The largest absolute Gasteiger partial charge is 0.454 e. The van der Waals surface area contributed by atoms with Gasteiger partial charge < -0.3 is 24.5 Å². The number of aliphatic hydroxyl groups excluding tert-OH is 1. The predicted molar refractivity (Wildman–Crippen MR) is 107 cm³/mol. The number of imidazole rings is 1. The minimum absolute atomic E-state index is 0.0858. The third-order valence-electron chi connectivity index (χ3n) is 5.83. The van der Waals surface area contributed by atoms with Gasteiger partial charge in [-0.3, -0.25) is 9.20 Å². The maximum absolute atomic E-state index is 12.3. The first-order valence-electron chi connectivity index (χ1n) is 9.80. The van der Waals surface area contributed by atoms with Crippen molar-refractivity contribution in [3.63, 3.8) is 0 Å². The lowest BCUT2D eigenvalue weighted by atomic mass is 10.1. The van der Waals surface area contributed by atoms with E-state index in [1.807, 2.05) is 34.9 Å². The van der Waals surface area contributed by atoms with Crippen LogP contribution in [0.5, 0.6) is 11.5 Å². The van der Waals surface area contributed by atoms with Gasteiger partial charge in [0.05, 0.1) is 35.1 Å². The fourth-order valence-corrected chi connectivity index (χ4v) is 4.47. The number of carbonyl (C=O) groups is 1. The van der Waals surface area contributed by atoms with E-state index in [9.17, 15) is 9.90 Å². The van der Waals surface area contributed by atoms with Crippen molar-refractivity contribution in [1.82, 2.24) is 24.3 Å². The van der Waals surface area contributed by atoms with Gasteiger partial charge in [0, 0.05) is 31.6 Å². The SMILES string of the molecule is CC(=O)N1CC(O)CC1c1nc(-c2ccc3c(c2)OCO3)c2cnc3[nH]ccc3n12. The number of ether oxygens (including phenoxy) is 2. The van der Waals surface area contributed by atoms with Gasteiger partial charge in [-0.25, -0.2) is 9.97 Å². The number of β-amino-alcohol motifs (C(OH)–C–C–N with tert-alkyl or cyclic N) is 1. The zero-order valence-electron chi connectivity index (χ0n) is 16.2. The number of hydrogen-bond acceptors (Lipinski definition) is 6. The molecule has 4 aromatic rings. The molecule has 2 unspecified atom stereocenters. The fourth-order valence-electron chi connectivity index (χ4n) is 4.47. The molecule has 6 rings (SSSR count). The zero-order chi connectivity index (χ0) is 20.4. The first-order chi connectivity index (χ1) is 14.6. The standard InChI is InChI=1S/C21H19N5O4/c1-11(27)25-9-13(28)7-15(25)21-24-19(12-2-3-17-18(6-12)30-10-29-17)16-8-23-20-14(26(16)21)4-5-22-20/h2-6,8,13,15,22,28H,7,9-10H2,1H3. The Morgan fingerprint density at radius 3 is 2.97 bits per heavy atom. The number of likely N-dealkylation sites (tertiary alicyclic amines) is 1. The smallest absolute Gasteiger partial charge is 0.231 e. The third kappa shape index (κ3) is 2.42. The minimum atomic E-state index is -0.580. The van der Waals surface area contributed by atoms with Crippen LogP contribution in [-0.4, -0.2) is 54.7 Å². The summed E-state index contributed by atoms with van der Waals surface area (Å²) in [5, 5.41) is 10.3. The Balaban J connectivity index is 1.61. The number of hydrogen-bond donors (Lipinski definition) is 2. The van der Waals surface area contributed by atoms with Crippen LogP contribution in [-0.2, 0) is 4.79 Å². The van der Waals surface area contributed by atoms with Gasteiger partial charge in [-0.1, -0.05) is 0 Å². The molecule has 0 radical (unpaired) electrons. The Morgan fingerprint density at radius 1 is 1.23 bits per heavy atom. The van der Waals surface area contributed by atoms with E-state index >= 15 is 0 Å². The molecule has 1 aromatic carbocycles. The Bertz CT molecular complexity index is 1310. The Hall–Kier alpha value is -3.59. The number of amides is 1. The summed E-state index contributed by atoms with van der Waals surface area (Å²) < 4.78 is 13.0. The Labute approximate surface area is 170 Å². The average Bonchev–Trinajstić information content (AvgIpc) is 3.50. The van der Waals surface area contributed by atoms with Crippen molar-refractivity contribution in [2.24, 2.45) is 0 Å². The summed E-state index contributed by atoms with van der Waals surface area (Å²) in [5.74, 6) is 2.00. The highest BCUT2D eigenvalue weighted by atomic mass is 16.7. The average molecular weight is 405 g/mol. The van der Waals surface area contributed by atoms with E-state index in [2.05, 4.69) is 9.97 Å². The summed E-state index contributed by atoms with van der Waals surface area (Å²) in [5.41, 5.74) is 4.02. The molecule has 5 heterocycles. The van der Waals surface area contributed by atoms with E-state index in [4.69, 9.17) is 14.5 Å². The number of benzene rings is 1. The summed E-state index contributed by atoms with van der Waals surface area (Å²) >= 11 is 0. The fraction of sp³-hybridized carbons (Fsp3) is 0.286. The predicted octanol–water partition coefficient (Wildman–Crippen LogP) is 2.26. The van der Waals surface area contributed by atoms with E-state index in [1.165, 1.54) is 6.92 Å². The molecule has 0 saturated carbocycles. The lowest BCUT2D eigenvalue weighted by Gasteiger charge is -2.22. The van der Waals surface area contributed by atoms with Gasteiger partial charge >= 0.3 is 0 Å². The second kappa shape index (κ2) is 6.20. The molecule has 9 nitrogen and oxygen atoms in total. The summed E-state index contributed by atoms with van der Waals surface area (Å²) in [6.07, 6.45) is 3.46. The van der Waals surface area contributed by atoms with Crippen LogP contribution in [0.25, 0.3) is 27.9 Å². The molecule has 9 heteroatoms. The number of carbonyl (C=O) groups excluding carboxylic acids is 1. The highest BCUT2D eigenvalue weighted by Crippen LogP contribution is 2.40. The number of H-pyrrole nitrogens is 1. The van der Waals surface area contributed by atoms with Crippen LogP contribution >= 0.6 is 0 Å². The lowest BCUT2D eigenvalue weighted by molar-refractivity contribution is -0.130. The number of rotatable bonds is 2. The lowest BCUT2D eigenvalue weighted by Crippen LogP contribution is -2.30. The zero-order valence-corrected chi connectivity index (χ0v) is 16.2. The van der Waals surface area contributed by atoms with E-state index in [-0.39, 0.29) is 18.7 Å². The van der Waals surface area contributed by atoms with Crippen LogP contribution < -0.4 is 9.47 Å². The summed E-state index contributed by atoms with van der Waals surface area (Å²) in [6, 6.07) is 7.32. The highest BCUT2D eigenvalue weighted by molar-refractivity contribution is 5.85. The number of aromatic nitrogens is 4. The molecule has 2 aliphatic heterocycles. The summed E-state index contributed by atoms with van der Waals surface area (Å²) in [4.78, 5) is 26.6. The maximum atomic E-state index is 12.3. The molecular weight excluding hydrogens is 386 g/mol. The molecule has 0 spiro atoms. The quantitative estimate of drug-likeness (QED) is 0.530. The molecule has 2 N–H and O–H groups in total. The molecule has 1 fully saturated rings. The monoisotopic (exact) mass is 405 g/mol. The van der Waals surface area contributed by atoms with E-state index in [0.717, 1.165) is 27.9 Å². The van der Waals surface area contributed by atoms with Gasteiger partial charge in [-0.05, 0) is 24.3 Å². The maximum Gasteiger partial charge on any atom is 0.231 e. The van der Waals surface area contributed by atoms with Crippen molar-refractivity contribution in [3.8, 4) is 22.8 Å². The molecule has 1 amide bonds. The van der Waals surface area contributed by atoms with Gasteiger partial charge in [0.1, 0.15) is 5.82 Å². The van der Waals surface area contributed by atoms with Crippen LogP contribution in [0.4, 0.5) is 0 Å². The Morgan fingerprint density at radius 2 is 2.10 bits per heavy atom. The molecule has 2 atom stereocenters. The molecule has 3 aromatic heterocycles. The second-order valence-electron chi connectivity index (χ2n) is 7.65. The minimum Gasteiger partial charge on any atom is -0.454 e. The number of aromatic amines is 1. The summed E-state index contributed by atoms with van der Waals surface area (Å²) in [6.45, 7) is 2.02. The molecular formula is C21H19N5O4. The third-order valence-corrected chi connectivity index (χ3v) is 5.83. The molecule has 0 bridgehead atoms. The summed E-state index contributed by atoms with van der Waals surface area (Å²) in [7, 11) is 0. The van der Waals surface area contributed by atoms with E-state index in [0.29, 0.717) is 30.3 Å². The van der Waals surface area contributed by atoms with Crippen molar-refractivity contribution in [2.45, 2.75) is 25.5 Å². The van der Waals surface area contributed by atoms with Crippen LogP contribution in [0.15, 0.2) is 36.7 Å². The van der Waals surface area contributed by atoms with Crippen molar-refractivity contribution in [2.75, 3.05) is 13.3 Å². The number of nitrogens with zero attached hydrogens (tertiary/aromatic N) is 4. The molecule has 1 saturated heterocycles. The van der Waals surface area contributed by atoms with Gasteiger partial charge in [0.15, 0.2) is 17.1 Å². The van der Waals surface area contributed by atoms with Crippen LogP contribution in [0.2, 0.25) is 0 Å². The van der Waals surface area contributed by atoms with Crippen molar-refractivity contribution in [3.05, 3.63) is 42.5 Å². The number of nitrogens with one attached hydrogen (secondary N) is 1. The number of aliphatic hydroxyl groups is 1. The normalized spacial score (nSPS) is 20.5. The van der Waals surface area contributed by atoms with Crippen molar-refractivity contribution in [1.29, 1.82) is 0 Å². The van der Waals surface area contributed by atoms with Crippen LogP contribution in [0.3, 0.4) is 0 Å². The number of fused-ring (bicyclic) bond motifs is 4. The van der Waals surface area contributed by atoms with E-state index < -0.39 is 6.10 Å². The van der Waals surface area contributed by atoms with E-state index in [1.54, 1.807) is 11.1 Å². The molecule has 152 valence electrons. The van der Waals surface area contributed by atoms with Gasteiger partial charge in [-0.2, -0.15) is 0 Å². The first kappa shape index (κ1) is 17.3. The van der Waals surface area contributed by atoms with Crippen molar-refractivity contribution < 1.29 is 19.4 Å². The van der Waals surface area contributed by atoms with Crippen LogP contribution in [0.1, 0.15) is 25.2 Å². The second-order valence-corrected chi connectivity index (χ2v) is 7.65. The van der Waals surface area contributed by atoms with Gasteiger partial charge in [-0.15, -0.1) is 0 Å². The topological polar surface area (TPSA) is 105 Å². The van der Waals surface area contributed by atoms with Crippen molar-refractivity contribution >= 4 is 22.6 Å².